The average Bonchev–Trinajstić information content (AvgIpc) is 3.47. The Hall–Kier alpha value is -2.98. The van der Waals surface area contributed by atoms with Gasteiger partial charge in [-0.3, -0.25) is 14.3 Å². The molecule has 33 heavy (non-hydrogen) atoms. The molecule has 170 valence electrons. The first kappa shape index (κ1) is 21.8. The number of hydrogen-bond donors (Lipinski definition) is 2. The van der Waals surface area contributed by atoms with Gasteiger partial charge in [0, 0.05) is 4.88 Å². The van der Waals surface area contributed by atoms with E-state index >= 15 is 0 Å². The highest BCUT2D eigenvalue weighted by Gasteiger charge is 2.20. The quantitative estimate of drug-likeness (QED) is 0.401. The summed E-state index contributed by atoms with van der Waals surface area (Å²) in [5.41, 5.74) is 2.13. The smallest absolute Gasteiger partial charge is 0.259 e. The van der Waals surface area contributed by atoms with Crippen LogP contribution in [-0.4, -0.2) is 36.4 Å². The fourth-order valence-electron chi connectivity index (χ4n) is 4.19. The van der Waals surface area contributed by atoms with Crippen LogP contribution in [0.4, 0.5) is 0 Å². The number of hydrogen-bond acceptors (Lipinski definition) is 7. The third kappa shape index (κ3) is 5.01. The Morgan fingerprint density at radius 2 is 2.09 bits per heavy atom. The number of H-pyrrole nitrogens is 1. The molecule has 10 heteroatoms. The Balaban J connectivity index is 1.22. The molecule has 8 nitrogen and oxygen atoms in total. The van der Waals surface area contributed by atoms with Crippen LogP contribution in [0.1, 0.15) is 40.7 Å². The Morgan fingerprint density at radius 3 is 2.91 bits per heavy atom. The predicted molar refractivity (Wildman–Crippen MR) is 130 cm³/mol. The summed E-state index contributed by atoms with van der Waals surface area (Å²) in [6.07, 6.45) is 7.43. The van der Waals surface area contributed by atoms with Crippen molar-refractivity contribution in [3.05, 3.63) is 75.2 Å². The number of nitrogens with zero attached hydrogens (tertiary/aromatic N) is 4. The number of aromatic nitrogens is 5. The molecule has 1 aliphatic rings. The van der Waals surface area contributed by atoms with E-state index in [1.54, 1.807) is 22.3 Å². The summed E-state index contributed by atoms with van der Waals surface area (Å²) in [6.45, 7) is 0.495. The van der Waals surface area contributed by atoms with Crippen molar-refractivity contribution < 1.29 is 4.79 Å². The Labute approximate surface area is 198 Å². The first-order valence-electron chi connectivity index (χ1n) is 11.0. The maximum absolute atomic E-state index is 12.7. The van der Waals surface area contributed by atoms with Gasteiger partial charge >= 0.3 is 0 Å². The molecule has 2 N–H and O–H groups in total. The zero-order valence-corrected chi connectivity index (χ0v) is 19.6. The minimum absolute atomic E-state index is 0.0589. The number of fused-ring (bicyclic) bond motifs is 3. The Kier molecular flexibility index (Phi) is 6.54. The number of carbonyl (C=O) groups excluding carboxylic acids is 1. The number of nitrogens with one attached hydrogen (secondary N) is 2. The number of aromatic amines is 1. The van der Waals surface area contributed by atoms with Gasteiger partial charge in [-0.25, -0.2) is 9.97 Å². The van der Waals surface area contributed by atoms with E-state index in [0.29, 0.717) is 18.1 Å². The third-order valence-electron chi connectivity index (χ3n) is 5.72. The lowest BCUT2D eigenvalue weighted by Gasteiger charge is -2.19. The second-order valence-electron chi connectivity index (χ2n) is 8.04. The van der Waals surface area contributed by atoms with Crippen molar-refractivity contribution in [2.75, 3.05) is 5.75 Å². The number of amides is 1. The van der Waals surface area contributed by atoms with Crippen LogP contribution in [0.15, 0.2) is 47.8 Å². The van der Waals surface area contributed by atoms with Crippen molar-refractivity contribution in [1.82, 2.24) is 30.0 Å². The van der Waals surface area contributed by atoms with Crippen molar-refractivity contribution in [3.8, 4) is 0 Å². The lowest BCUT2D eigenvalue weighted by atomic mass is 9.97. The van der Waals surface area contributed by atoms with Gasteiger partial charge in [0.25, 0.3) is 5.56 Å². The number of thioether (sulfide) groups is 1. The third-order valence-corrected chi connectivity index (χ3v) is 7.85. The largest absolute Gasteiger partial charge is 0.347 e. The molecule has 0 radical (unpaired) electrons. The van der Waals surface area contributed by atoms with Gasteiger partial charge in [0.1, 0.15) is 23.3 Å². The number of aryl methyl sites for hydroxylation is 2. The molecule has 1 atom stereocenters. The molecule has 0 aliphatic heterocycles. The van der Waals surface area contributed by atoms with Crippen LogP contribution in [-0.2, 0) is 29.9 Å². The summed E-state index contributed by atoms with van der Waals surface area (Å²) in [6, 6.07) is 9.60. The van der Waals surface area contributed by atoms with E-state index in [0.717, 1.165) is 35.0 Å². The van der Waals surface area contributed by atoms with Gasteiger partial charge in [0.05, 0.1) is 29.5 Å². The van der Waals surface area contributed by atoms with Crippen molar-refractivity contribution in [1.29, 1.82) is 0 Å². The second kappa shape index (κ2) is 9.88. The molecule has 0 saturated heterocycles. The zero-order valence-electron chi connectivity index (χ0n) is 18.0. The van der Waals surface area contributed by atoms with Gasteiger partial charge in [-0.05, 0) is 36.8 Å². The van der Waals surface area contributed by atoms with Gasteiger partial charge < -0.3 is 10.3 Å². The summed E-state index contributed by atoms with van der Waals surface area (Å²) >= 11 is 3.08. The predicted octanol–water partition coefficient (Wildman–Crippen LogP) is 3.25. The van der Waals surface area contributed by atoms with Gasteiger partial charge in [0.15, 0.2) is 0 Å². The van der Waals surface area contributed by atoms with E-state index < -0.39 is 0 Å². The molecule has 4 aromatic rings. The fourth-order valence-corrected chi connectivity index (χ4v) is 6.17. The summed E-state index contributed by atoms with van der Waals surface area (Å²) in [7, 11) is 0. The molecule has 3 aromatic heterocycles. The molecule has 1 aromatic carbocycles. The van der Waals surface area contributed by atoms with Crippen molar-refractivity contribution >= 4 is 39.2 Å². The summed E-state index contributed by atoms with van der Waals surface area (Å²) in [4.78, 5) is 39.1. The molecular weight excluding hydrogens is 456 g/mol. The van der Waals surface area contributed by atoms with Gasteiger partial charge in [-0.15, -0.1) is 23.1 Å². The van der Waals surface area contributed by atoms with Gasteiger partial charge in [0.2, 0.25) is 5.91 Å². The maximum atomic E-state index is 12.7. The molecule has 0 bridgehead atoms. The monoisotopic (exact) mass is 480 g/mol. The van der Waals surface area contributed by atoms with Crippen molar-refractivity contribution in [2.24, 2.45) is 0 Å². The van der Waals surface area contributed by atoms with Crippen LogP contribution in [0.2, 0.25) is 0 Å². The molecule has 1 amide bonds. The van der Waals surface area contributed by atoms with Crippen LogP contribution in [0.25, 0.3) is 10.2 Å². The molecule has 0 spiro atoms. The molecule has 1 aliphatic carbocycles. The minimum atomic E-state index is -0.215. The van der Waals surface area contributed by atoms with Gasteiger partial charge in [-0.1, -0.05) is 30.3 Å². The van der Waals surface area contributed by atoms with E-state index in [1.807, 2.05) is 30.3 Å². The van der Waals surface area contributed by atoms with Gasteiger partial charge in [-0.2, -0.15) is 5.10 Å². The first-order valence-corrected chi connectivity index (χ1v) is 12.9. The number of thiophene rings is 1. The summed E-state index contributed by atoms with van der Waals surface area (Å²) < 4.78 is 1.70. The lowest BCUT2D eigenvalue weighted by molar-refractivity contribution is -0.119. The lowest BCUT2D eigenvalue weighted by Crippen LogP contribution is -2.32. The average molecular weight is 481 g/mol. The standard InChI is InChI=1S/C23H24N6O2S2/c30-20(26-17(10-29-14-24-13-25-29)15-6-2-1-3-7-15)12-32-11-19-27-22(31)21-16-8-4-5-9-18(16)33-23(21)28-19/h1-3,6-7,13-14,17H,4-5,8-12H2,(H,26,30)(H,27,28,31). The highest BCUT2D eigenvalue weighted by molar-refractivity contribution is 7.99. The van der Waals surface area contributed by atoms with E-state index in [2.05, 4.69) is 25.4 Å². The second-order valence-corrected chi connectivity index (χ2v) is 10.1. The van der Waals surface area contributed by atoms with E-state index in [9.17, 15) is 9.59 Å². The first-order chi connectivity index (χ1) is 16.2. The maximum Gasteiger partial charge on any atom is 0.259 e. The zero-order chi connectivity index (χ0) is 22.6. The molecule has 5 rings (SSSR count). The van der Waals surface area contributed by atoms with Crippen LogP contribution in [0.3, 0.4) is 0 Å². The molecule has 0 fully saturated rings. The van der Waals surface area contributed by atoms with Crippen LogP contribution < -0.4 is 10.9 Å². The number of benzene rings is 1. The SMILES string of the molecule is O=C(CSCc1nc2sc3c(c2c(=O)[nH]1)CCCC3)NC(Cn1cncn1)c1ccccc1. The normalized spacial score (nSPS) is 14.2. The van der Waals surface area contributed by atoms with Crippen molar-refractivity contribution in [2.45, 2.75) is 44.0 Å². The van der Waals surface area contributed by atoms with Crippen LogP contribution in [0.5, 0.6) is 0 Å². The highest BCUT2D eigenvalue weighted by atomic mass is 32.2. The Morgan fingerprint density at radius 1 is 1.24 bits per heavy atom. The van der Waals surface area contributed by atoms with E-state index in [4.69, 9.17) is 0 Å². The number of carbonyl (C=O) groups is 1. The molecule has 0 saturated carbocycles. The van der Waals surface area contributed by atoms with Crippen LogP contribution >= 0.6 is 23.1 Å². The summed E-state index contributed by atoms with van der Waals surface area (Å²) in [5, 5.41) is 8.01. The molecule has 3 heterocycles. The number of rotatable bonds is 8. The Bertz CT molecular complexity index is 1300. The van der Waals surface area contributed by atoms with E-state index in [1.165, 1.54) is 35.0 Å². The fraction of sp³-hybridized carbons (Fsp3) is 0.348. The minimum Gasteiger partial charge on any atom is -0.347 e. The van der Waals surface area contributed by atoms with Crippen molar-refractivity contribution in [3.63, 3.8) is 0 Å². The summed E-state index contributed by atoms with van der Waals surface area (Å²) in [5.74, 6) is 1.28. The molecule has 1 unspecified atom stereocenters. The van der Waals surface area contributed by atoms with E-state index in [-0.39, 0.29) is 23.3 Å². The molecular formula is C23H24N6O2S2. The highest BCUT2D eigenvalue weighted by Crippen LogP contribution is 2.33. The van der Waals surface area contributed by atoms with Crippen LogP contribution in [0, 0.1) is 0 Å². The topological polar surface area (TPSA) is 106 Å².